The van der Waals surface area contributed by atoms with Crippen molar-refractivity contribution in [3.05, 3.63) is 0 Å². The van der Waals surface area contributed by atoms with Crippen molar-refractivity contribution in [1.29, 1.82) is 0 Å². The zero-order valence-electron chi connectivity index (χ0n) is 22.9. The van der Waals surface area contributed by atoms with Crippen molar-refractivity contribution in [2.45, 2.75) is 98.1 Å². The number of urea groups is 1. The number of unbranched alkanes of at least 4 members (excludes halogenated alkanes) is 1. The normalized spacial score (nSPS) is 15.2. The number of amides is 6. The molecule has 0 aromatic rings. The van der Waals surface area contributed by atoms with E-state index in [1.807, 2.05) is 0 Å². The third-order valence-electron chi connectivity index (χ3n) is 5.84. The van der Waals surface area contributed by atoms with Crippen LogP contribution >= 0.6 is 0 Å². The van der Waals surface area contributed by atoms with Crippen LogP contribution in [0.1, 0.15) is 86.0 Å². The van der Waals surface area contributed by atoms with Gasteiger partial charge in [0, 0.05) is 37.6 Å². The van der Waals surface area contributed by atoms with Crippen LogP contribution in [0.4, 0.5) is 4.79 Å². The van der Waals surface area contributed by atoms with Crippen LogP contribution in [-0.4, -0.2) is 65.1 Å². The molecule has 1 aliphatic rings. The molecule has 13 nitrogen and oxygen atoms in total. The lowest BCUT2D eigenvalue weighted by Crippen LogP contribution is -2.55. The lowest BCUT2D eigenvalue weighted by molar-refractivity contribution is -0.197. The minimum atomic E-state index is -0.890. The molecule has 1 fully saturated rings. The van der Waals surface area contributed by atoms with Gasteiger partial charge in [0.2, 0.25) is 11.8 Å². The van der Waals surface area contributed by atoms with Crippen molar-refractivity contribution in [2.75, 3.05) is 6.54 Å². The first-order chi connectivity index (χ1) is 17.6. The summed E-state index contributed by atoms with van der Waals surface area (Å²) in [6.45, 7) is 9.01. The zero-order chi connectivity index (χ0) is 29.0. The molecule has 1 unspecified atom stereocenters. The van der Waals surface area contributed by atoms with Gasteiger partial charge < -0.3 is 26.5 Å². The summed E-state index contributed by atoms with van der Waals surface area (Å²) in [5.41, 5.74) is 4.34. The summed E-state index contributed by atoms with van der Waals surface area (Å²) in [5.74, 6) is -3.21. The molecule has 0 aromatic carbocycles. The fourth-order valence-electron chi connectivity index (χ4n) is 3.71. The number of hydrogen-bond donors (Lipinski definition) is 4. The summed E-state index contributed by atoms with van der Waals surface area (Å²) >= 11 is 0. The lowest BCUT2D eigenvalue weighted by Gasteiger charge is -2.28. The smallest absolute Gasteiger partial charge is 0.333 e. The lowest BCUT2D eigenvalue weighted by atomic mass is 9.84. The van der Waals surface area contributed by atoms with Gasteiger partial charge in [-0.05, 0) is 31.6 Å². The molecule has 0 spiro atoms. The second-order valence-electron chi connectivity index (χ2n) is 10.7. The number of Topliss-reactive ketones (excluding diaryl/α,β-unsaturated/α-hetero) is 1. The van der Waals surface area contributed by atoms with Crippen LogP contribution in [0.25, 0.3) is 0 Å². The quantitative estimate of drug-likeness (QED) is 0.174. The maximum absolute atomic E-state index is 13.1. The zero-order valence-corrected chi connectivity index (χ0v) is 22.9. The van der Waals surface area contributed by atoms with Crippen molar-refractivity contribution < 1.29 is 38.4 Å². The van der Waals surface area contributed by atoms with Crippen LogP contribution in [-0.2, 0) is 33.6 Å². The molecule has 1 aliphatic heterocycles. The summed E-state index contributed by atoms with van der Waals surface area (Å²) in [7, 11) is 0. The second-order valence-corrected chi connectivity index (χ2v) is 10.7. The minimum absolute atomic E-state index is 0.00843. The molecule has 0 bridgehead atoms. The van der Waals surface area contributed by atoms with E-state index in [0.717, 1.165) is 0 Å². The summed E-state index contributed by atoms with van der Waals surface area (Å²) < 4.78 is 0. The number of primary amides is 1. The van der Waals surface area contributed by atoms with Gasteiger partial charge in [0.05, 0.1) is 6.04 Å². The van der Waals surface area contributed by atoms with Crippen LogP contribution in [0.15, 0.2) is 0 Å². The maximum Gasteiger partial charge on any atom is 0.333 e. The monoisotopic (exact) mass is 539 g/mol. The van der Waals surface area contributed by atoms with E-state index < -0.39 is 53.1 Å². The molecule has 0 aliphatic carbocycles. The molecule has 0 aromatic heterocycles. The Balaban J connectivity index is 2.59. The number of carbonyl (C=O) groups is 7. The third kappa shape index (κ3) is 11.3. The fraction of sp³-hybridized carbons (Fsp3) is 0.720. The molecule has 13 heteroatoms. The molecule has 0 radical (unpaired) electrons. The molecule has 1 rings (SSSR count). The summed E-state index contributed by atoms with van der Waals surface area (Å²) in [6, 6.07) is -2.38. The van der Waals surface area contributed by atoms with Crippen LogP contribution in [0.2, 0.25) is 0 Å². The third-order valence-corrected chi connectivity index (χ3v) is 5.84. The van der Waals surface area contributed by atoms with Crippen LogP contribution in [0, 0.1) is 11.3 Å². The number of carbonyl (C=O) groups excluding carboxylic acids is 7. The van der Waals surface area contributed by atoms with Crippen molar-refractivity contribution in [1.82, 2.24) is 21.0 Å². The highest BCUT2D eigenvalue weighted by atomic mass is 16.7. The highest BCUT2D eigenvalue weighted by Crippen LogP contribution is 2.19. The van der Waals surface area contributed by atoms with Crippen molar-refractivity contribution in [3.8, 4) is 0 Å². The SMILES string of the molecule is CC(C)C(NC(=O)CCCCC(=O)ON1C(=O)CCC1=O)C(=O)N[C@@H](CCCNC(N)=O)C(=O)C(C)(C)C. The predicted molar refractivity (Wildman–Crippen MR) is 136 cm³/mol. The van der Waals surface area contributed by atoms with Gasteiger partial charge in [-0.2, -0.15) is 0 Å². The van der Waals surface area contributed by atoms with Gasteiger partial charge in [-0.1, -0.05) is 34.6 Å². The Labute approximate surface area is 222 Å². The second kappa shape index (κ2) is 15.0. The van der Waals surface area contributed by atoms with E-state index in [0.29, 0.717) is 17.9 Å². The predicted octanol–water partition coefficient (Wildman–Crippen LogP) is 0.843. The standard InChI is InChI=1S/C25H41N5O8/c1-15(2)21(23(36)28-16(22(35)25(3,4)5)9-8-14-27-24(26)37)29-17(31)10-6-7-11-20(34)38-30-18(32)12-13-19(30)33/h15-16,21H,6-14H2,1-5H3,(H,28,36)(H,29,31)(H3,26,27,37)/t16-,21?/m0/s1. The minimum Gasteiger partial charge on any atom is -0.352 e. The van der Waals surface area contributed by atoms with E-state index in [2.05, 4.69) is 16.0 Å². The van der Waals surface area contributed by atoms with E-state index in [1.165, 1.54) is 0 Å². The summed E-state index contributed by atoms with van der Waals surface area (Å²) in [6.07, 6.45) is 1.26. The first-order valence-electron chi connectivity index (χ1n) is 12.9. The maximum atomic E-state index is 13.1. The molecule has 38 heavy (non-hydrogen) atoms. The Hall–Kier alpha value is -3.51. The number of nitrogens with one attached hydrogen (secondary N) is 3. The number of nitrogens with zero attached hydrogens (tertiary/aromatic N) is 1. The number of ketones is 1. The van der Waals surface area contributed by atoms with E-state index in [9.17, 15) is 33.6 Å². The molecule has 5 N–H and O–H groups in total. The molecule has 1 saturated heterocycles. The highest BCUT2D eigenvalue weighted by molar-refractivity contribution is 6.01. The molecule has 2 atom stereocenters. The van der Waals surface area contributed by atoms with E-state index in [1.54, 1.807) is 34.6 Å². The van der Waals surface area contributed by atoms with Gasteiger partial charge in [0.15, 0.2) is 5.78 Å². The molecule has 214 valence electrons. The van der Waals surface area contributed by atoms with Crippen LogP contribution < -0.4 is 21.7 Å². The number of imide groups is 1. The van der Waals surface area contributed by atoms with Gasteiger partial charge in [0.25, 0.3) is 11.8 Å². The Kier molecular flexibility index (Phi) is 12.9. The highest BCUT2D eigenvalue weighted by Gasteiger charge is 2.34. The average Bonchev–Trinajstić information content (AvgIpc) is 3.12. The Morgan fingerprint density at radius 2 is 1.53 bits per heavy atom. The van der Waals surface area contributed by atoms with Crippen LogP contribution in [0.3, 0.4) is 0 Å². The van der Waals surface area contributed by atoms with Gasteiger partial charge in [-0.25, -0.2) is 9.59 Å². The fourth-order valence-corrected chi connectivity index (χ4v) is 3.71. The van der Waals surface area contributed by atoms with Crippen molar-refractivity contribution >= 4 is 41.4 Å². The van der Waals surface area contributed by atoms with Crippen LogP contribution in [0.5, 0.6) is 0 Å². The molecular formula is C25H41N5O8. The van der Waals surface area contributed by atoms with Gasteiger partial charge >= 0.3 is 12.0 Å². The number of rotatable bonds is 15. The Morgan fingerprint density at radius 1 is 0.947 bits per heavy atom. The average molecular weight is 540 g/mol. The van der Waals surface area contributed by atoms with Gasteiger partial charge in [-0.3, -0.25) is 24.0 Å². The topological polar surface area (TPSA) is 194 Å². The van der Waals surface area contributed by atoms with Gasteiger partial charge in [-0.15, -0.1) is 5.06 Å². The Bertz CT molecular complexity index is 896. The molecular weight excluding hydrogens is 498 g/mol. The number of nitrogens with two attached hydrogens (primary N) is 1. The van der Waals surface area contributed by atoms with Crippen molar-refractivity contribution in [3.63, 3.8) is 0 Å². The Morgan fingerprint density at radius 3 is 2.05 bits per heavy atom. The largest absolute Gasteiger partial charge is 0.352 e. The molecule has 6 amide bonds. The summed E-state index contributed by atoms with van der Waals surface area (Å²) in [4.78, 5) is 89.0. The first kappa shape index (κ1) is 32.5. The van der Waals surface area contributed by atoms with E-state index in [-0.39, 0.29) is 56.8 Å². The molecule has 0 saturated carbocycles. The molecule has 1 heterocycles. The first-order valence-corrected chi connectivity index (χ1v) is 12.9. The van der Waals surface area contributed by atoms with Crippen molar-refractivity contribution in [2.24, 2.45) is 17.1 Å². The van der Waals surface area contributed by atoms with E-state index >= 15 is 0 Å². The number of hydroxylamine groups is 2. The number of hydrogen-bond acceptors (Lipinski definition) is 8. The van der Waals surface area contributed by atoms with E-state index in [4.69, 9.17) is 10.6 Å². The van der Waals surface area contributed by atoms with Gasteiger partial charge in [0.1, 0.15) is 6.04 Å². The summed E-state index contributed by atoms with van der Waals surface area (Å²) in [5, 5.41) is 8.37.